The number of hydrogen-bond acceptors (Lipinski definition) is 4. The Hall–Kier alpha value is -2.87. The molecule has 0 fully saturated rings. The second-order valence-electron chi connectivity index (χ2n) is 4.53. The Morgan fingerprint density at radius 3 is 2.70 bits per heavy atom. The maximum Gasteiger partial charge on any atom is 0.243 e. The molecule has 0 aliphatic heterocycles. The van der Waals surface area contributed by atoms with Gasteiger partial charge in [0, 0.05) is 12.2 Å². The summed E-state index contributed by atoms with van der Waals surface area (Å²) in [5.74, 6) is 0.601. The van der Waals surface area contributed by atoms with Gasteiger partial charge in [0.15, 0.2) is 5.65 Å². The fourth-order valence-electron chi connectivity index (χ4n) is 1.99. The summed E-state index contributed by atoms with van der Waals surface area (Å²) < 4.78 is 1.81. The summed E-state index contributed by atoms with van der Waals surface area (Å²) >= 11 is 0. The lowest BCUT2D eigenvalue weighted by Crippen LogP contribution is -2.01. The highest BCUT2D eigenvalue weighted by Gasteiger charge is 2.04. The third-order valence-corrected chi connectivity index (χ3v) is 3.08. The van der Waals surface area contributed by atoms with Crippen molar-refractivity contribution in [2.45, 2.75) is 13.5 Å². The van der Waals surface area contributed by atoms with E-state index in [2.05, 4.69) is 21.5 Å². The highest BCUT2D eigenvalue weighted by molar-refractivity contribution is 5.44. The summed E-state index contributed by atoms with van der Waals surface area (Å²) in [6, 6.07) is 15.4. The minimum Gasteiger partial charge on any atom is -0.349 e. The summed E-state index contributed by atoms with van der Waals surface area (Å²) in [5.41, 5.74) is 3.61. The SMILES string of the molecule is Cc1cccc2nc(NCc3ccc(C#N)cc3)nn12. The molecule has 0 aliphatic carbocycles. The zero-order valence-corrected chi connectivity index (χ0v) is 11.0. The fourth-order valence-corrected chi connectivity index (χ4v) is 1.99. The topological polar surface area (TPSA) is 66.0 Å². The summed E-state index contributed by atoms with van der Waals surface area (Å²) in [6.45, 7) is 2.62. The van der Waals surface area contributed by atoms with Gasteiger partial charge >= 0.3 is 0 Å². The minimum absolute atomic E-state index is 0.601. The molecule has 0 bridgehead atoms. The van der Waals surface area contributed by atoms with Crippen LogP contribution in [0.1, 0.15) is 16.8 Å². The molecule has 0 amide bonds. The third kappa shape index (κ3) is 2.31. The maximum atomic E-state index is 8.75. The van der Waals surface area contributed by atoms with Crippen molar-refractivity contribution in [2.75, 3.05) is 5.32 Å². The van der Waals surface area contributed by atoms with Gasteiger partial charge in [-0.15, -0.1) is 5.10 Å². The lowest BCUT2D eigenvalue weighted by molar-refractivity contribution is 0.909. The molecule has 2 heterocycles. The maximum absolute atomic E-state index is 8.75. The van der Waals surface area contributed by atoms with E-state index in [9.17, 15) is 0 Å². The molecule has 0 unspecified atom stereocenters. The predicted octanol–water partition coefficient (Wildman–Crippen LogP) is 2.52. The predicted molar refractivity (Wildman–Crippen MR) is 76.2 cm³/mol. The van der Waals surface area contributed by atoms with Crippen molar-refractivity contribution < 1.29 is 0 Å². The molecule has 5 heteroatoms. The summed E-state index contributed by atoms with van der Waals surface area (Å²) in [5, 5.41) is 16.3. The van der Waals surface area contributed by atoms with Crippen LogP contribution in [0.4, 0.5) is 5.95 Å². The van der Waals surface area contributed by atoms with Crippen LogP contribution >= 0.6 is 0 Å². The van der Waals surface area contributed by atoms with E-state index in [0.29, 0.717) is 18.1 Å². The van der Waals surface area contributed by atoms with E-state index in [1.807, 2.05) is 37.3 Å². The summed E-state index contributed by atoms with van der Waals surface area (Å²) in [4.78, 5) is 4.41. The highest BCUT2D eigenvalue weighted by Crippen LogP contribution is 2.10. The van der Waals surface area contributed by atoms with Crippen LogP contribution in [0.15, 0.2) is 42.5 Å². The second-order valence-corrected chi connectivity index (χ2v) is 4.53. The van der Waals surface area contributed by atoms with Crippen LogP contribution in [0.3, 0.4) is 0 Å². The van der Waals surface area contributed by atoms with Gasteiger partial charge in [-0.25, -0.2) is 4.52 Å². The summed E-state index contributed by atoms with van der Waals surface area (Å²) in [6.07, 6.45) is 0. The molecule has 3 aromatic rings. The van der Waals surface area contributed by atoms with Crippen molar-refractivity contribution in [2.24, 2.45) is 0 Å². The number of nitrogens with one attached hydrogen (secondary N) is 1. The smallest absolute Gasteiger partial charge is 0.243 e. The van der Waals surface area contributed by atoms with Gasteiger partial charge in [-0.2, -0.15) is 10.2 Å². The average Bonchev–Trinajstić information content (AvgIpc) is 2.90. The van der Waals surface area contributed by atoms with Crippen LogP contribution in [-0.4, -0.2) is 14.6 Å². The molecule has 3 rings (SSSR count). The monoisotopic (exact) mass is 263 g/mol. The number of aryl methyl sites for hydroxylation is 1. The van der Waals surface area contributed by atoms with Crippen LogP contribution in [0.2, 0.25) is 0 Å². The Morgan fingerprint density at radius 1 is 1.20 bits per heavy atom. The molecule has 5 nitrogen and oxygen atoms in total. The molecule has 0 atom stereocenters. The quantitative estimate of drug-likeness (QED) is 0.788. The van der Waals surface area contributed by atoms with Gasteiger partial charge in [-0.3, -0.25) is 0 Å². The molecule has 20 heavy (non-hydrogen) atoms. The molecule has 1 aromatic carbocycles. The fraction of sp³-hybridized carbons (Fsp3) is 0.133. The van der Waals surface area contributed by atoms with E-state index < -0.39 is 0 Å². The van der Waals surface area contributed by atoms with Crippen molar-refractivity contribution in [3.05, 3.63) is 59.3 Å². The molecular formula is C15H13N5. The lowest BCUT2D eigenvalue weighted by Gasteiger charge is -2.01. The van der Waals surface area contributed by atoms with Crippen molar-refractivity contribution in [3.63, 3.8) is 0 Å². The Bertz CT molecular complexity index is 780. The molecule has 2 aromatic heterocycles. The molecule has 1 N–H and O–H groups in total. The normalized spacial score (nSPS) is 10.4. The Balaban J connectivity index is 1.76. The first-order chi connectivity index (χ1) is 9.76. The van der Waals surface area contributed by atoms with Crippen LogP contribution in [-0.2, 0) is 6.54 Å². The number of nitriles is 1. The Labute approximate surface area is 116 Å². The van der Waals surface area contributed by atoms with Gasteiger partial charge < -0.3 is 5.32 Å². The number of hydrogen-bond donors (Lipinski definition) is 1. The first-order valence-corrected chi connectivity index (χ1v) is 6.31. The van der Waals surface area contributed by atoms with E-state index in [0.717, 1.165) is 16.9 Å². The number of benzene rings is 1. The number of aromatic nitrogens is 3. The van der Waals surface area contributed by atoms with Crippen molar-refractivity contribution in [3.8, 4) is 6.07 Å². The van der Waals surface area contributed by atoms with Crippen molar-refractivity contribution >= 4 is 11.6 Å². The molecule has 0 radical (unpaired) electrons. The van der Waals surface area contributed by atoms with Gasteiger partial charge in [0.25, 0.3) is 0 Å². The van der Waals surface area contributed by atoms with Gasteiger partial charge in [-0.05, 0) is 36.8 Å². The standard InChI is InChI=1S/C15H13N5/c1-11-3-2-4-14-18-15(19-20(11)14)17-10-13-7-5-12(9-16)6-8-13/h2-8H,10H2,1H3,(H,17,19). The molecule has 0 saturated carbocycles. The second kappa shape index (κ2) is 5.02. The van der Waals surface area contributed by atoms with E-state index in [4.69, 9.17) is 5.26 Å². The average molecular weight is 263 g/mol. The van der Waals surface area contributed by atoms with Crippen molar-refractivity contribution in [1.29, 1.82) is 5.26 Å². The van der Waals surface area contributed by atoms with Crippen LogP contribution in [0, 0.1) is 18.3 Å². The number of anilines is 1. The lowest BCUT2D eigenvalue weighted by atomic mass is 10.1. The minimum atomic E-state index is 0.601. The first-order valence-electron chi connectivity index (χ1n) is 6.31. The van der Waals surface area contributed by atoms with Gasteiger partial charge in [0.2, 0.25) is 5.95 Å². The Kier molecular flexibility index (Phi) is 3.05. The number of fused-ring (bicyclic) bond motifs is 1. The molecule has 0 spiro atoms. The number of pyridine rings is 1. The van der Waals surface area contributed by atoms with Gasteiger partial charge in [0.05, 0.1) is 11.6 Å². The Morgan fingerprint density at radius 2 is 2.00 bits per heavy atom. The van der Waals surface area contributed by atoms with Gasteiger partial charge in [0.1, 0.15) is 0 Å². The molecular weight excluding hydrogens is 250 g/mol. The van der Waals surface area contributed by atoms with Crippen LogP contribution < -0.4 is 5.32 Å². The van der Waals surface area contributed by atoms with E-state index in [1.165, 1.54) is 0 Å². The highest BCUT2D eigenvalue weighted by atomic mass is 15.3. The molecule has 98 valence electrons. The summed E-state index contributed by atoms with van der Waals surface area (Å²) in [7, 11) is 0. The van der Waals surface area contributed by atoms with E-state index in [1.54, 1.807) is 16.6 Å². The zero-order valence-electron chi connectivity index (χ0n) is 11.0. The first kappa shape index (κ1) is 12.2. The number of rotatable bonds is 3. The van der Waals surface area contributed by atoms with Crippen LogP contribution in [0.25, 0.3) is 5.65 Å². The van der Waals surface area contributed by atoms with E-state index >= 15 is 0 Å². The molecule has 0 saturated heterocycles. The van der Waals surface area contributed by atoms with E-state index in [-0.39, 0.29) is 0 Å². The molecule has 0 aliphatic rings. The third-order valence-electron chi connectivity index (χ3n) is 3.08. The number of nitrogens with zero attached hydrogens (tertiary/aromatic N) is 4. The zero-order chi connectivity index (χ0) is 13.9. The van der Waals surface area contributed by atoms with Gasteiger partial charge in [-0.1, -0.05) is 18.2 Å². The van der Waals surface area contributed by atoms with Crippen molar-refractivity contribution in [1.82, 2.24) is 14.6 Å². The largest absolute Gasteiger partial charge is 0.349 e. The van der Waals surface area contributed by atoms with Crippen LogP contribution in [0.5, 0.6) is 0 Å².